The maximum atomic E-state index is 11.6. The Morgan fingerprint density at radius 1 is 1.32 bits per heavy atom. The zero-order valence-corrected chi connectivity index (χ0v) is 11.6. The van der Waals surface area contributed by atoms with Crippen LogP contribution in [0.4, 0.5) is 0 Å². The number of rotatable bonds is 8. The van der Waals surface area contributed by atoms with E-state index in [1.165, 1.54) is 0 Å². The largest absolute Gasteiger partial charge is 0.508 e. The molecule has 0 aliphatic heterocycles. The fourth-order valence-electron chi connectivity index (χ4n) is 1.51. The number of aromatic hydroxyl groups is 1. The molecule has 1 amide bonds. The van der Waals surface area contributed by atoms with Crippen LogP contribution in [-0.4, -0.2) is 56.3 Å². The van der Waals surface area contributed by atoms with E-state index in [1.807, 2.05) is 19.0 Å². The standard InChI is InChI=1S/C14H22N2O3/c1-16(2)8-10-19-9-7-15-14(18)11-12-5-3-4-6-13(12)17/h3-6,17H,7-11H2,1-2H3,(H,15,18). The average molecular weight is 266 g/mol. The number of ether oxygens (including phenoxy) is 1. The van der Waals surface area contributed by atoms with Gasteiger partial charge in [-0.1, -0.05) is 18.2 Å². The number of phenolic OH excluding ortho intramolecular Hbond substituents is 1. The quantitative estimate of drug-likeness (QED) is 0.678. The molecule has 0 bridgehead atoms. The van der Waals surface area contributed by atoms with E-state index < -0.39 is 0 Å². The van der Waals surface area contributed by atoms with E-state index in [0.717, 1.165) is 6.54 Å². The molecule has 1 aromatic carbocycles. The maximum absolute atomic E-state index is 11.6. The highest BCUT2D eigenvalue weighted by molar-refractivity contribution is 5.79. The van der Waals surface area contributed by atoms with Gasteiger partial charge in [0.05, 0.1) is 19.6 Å². The van der Waals surface area contributed by atoms with Gasteiger partial charge in [-0.3, -0.25) is 4.79 Å². The lowest BCUT2D eigenvalue weighted by atomic mass is 10.1. The van der Waals surface area contributed by atoms with Gasteiger partial charge in [-0.15, -0.1) is 0 Å². The molecule has 2 N–H and O–H groups in total. The third-order valence-corrected chi connectivity index (χ3v) is 2.59. The predicted octanol–water partition coefficient (Wildman–Crippen LogP) is 0.629. The first kappa shape index (κ1) is 15.5. The highest BCUT2D eigenvalue weighted by atomic mass is 16.5. The number of carbonyl (C=O) groups excluding carboxylic acids is 1. The molecule has 19 heavy (non-hydrogen) atoms. The van der Waals surface area contributed by atoms with E-state index in [1.54, 1.807) is 24.3 Å². The molecule has 0 aromatic heterocycles. The Labute approximate surface area is 114 Å². The summed E-state index contributed by atoms with van der Waals surface area (Å²) in [5.74, 6) is 0.0394. The van der Waals surface area contributed by atoms with E-state index in [-0.39, 0.29) is 18.1 Å². The van der Waals surface area contributed by atoms with Crippen molar-refractivity contribution >= 4 is 5.91 Å². The van der Waals surface area contributed by atoms with Crippen molar-refractivity contribution in [2.24, 2.45) is 0 Å². The number of carbonyl (C=O) groups is 1. The van der Waals surface area contributed by atoms with Gasteiger partial charge in [-0.25, -0.2) is 0 Å². The maximum Gasteiger partial charge on any atom is 0.224 e. The van der Waals surface area contributed by atoms with E-state index in [2.05, 4.69) is 5.32 Å². The number of phenols is 1. The number of amides is 1. The van der Waals surface area contributed by atoms with Gasteiger partial charge in [-0.2, -0.15) is 0 Å². The summed E-state index contributed by atoms with van der Waals surface area (Å²) in [5.41, 5.74) is 0.633. The fourth-order valence-corrected chi connectivity index (χ4v) is 1.51. The molecule has 0 saturated heterocycles. The smallest absolute Gasteiger partial charge is 0.224 e. The number of hydrogen-bond acceptors (Lipinski definition) is 4. The van der Waals surface area contributed by atoms with Crippen molar-refractivity contribution in [3.63, 3.8) is 0 Å². The Morgan fingerprint density at radius 2 is 2.05 bits per heavy atom. The summed E-state index contributed by atoms with van der Waals surface area (Å²) in [5, 5.41) is 12.3. The van der Waals surface area contributed by atoms with E-state index in [9.17, 15) is 9.90 Å². The van der Waals surface area contributed by atoms with Gasteiger partial charge in [0.2, 0.25) is 5.91 Å². The highest BCUT2D eigenvalue weighted by Gasteiger charge is 2.06. The van der Waals surface area contributed by atoms with Crippen LogP contribution in [0.1, 0.15) is 5.56 Å². The van der Waals surface area contributed by atoms with Gasteiger partial charge >= 0.3 is 0 Å². The van der Waals surface area contributed by atoms with Crippen molar-refractivity contribution in [3.8, 4) is 5.75 Å². The van der Waals surface area contributed by atoms with Gasteiger partial charge < -0.3 is 20.1 Å². The number of likely N-dealkylation sites (N-methyl/N-ethyl adjacent to an activating group) is 1. The Hall–Kier alpha value is -1.59. The van der Waals surface area contributed by atoms with Gasteiger partial charge in [-0.05, 0) is 20.2 Å². The molecule has 0 saturated carbocycles. The number of hydrogen-bond donors (Lipinski definition) is 2. The molecule has 0 spiro atoms. The predicted molar refractivity (Wildman–Crippen MR) is 74.2 cm³/mol. The minimum atomic E-state index is -0.113. The van der Waals surface area contributed by atoms with Crippen molar-refractivity contribution in [2.75, 3.05) is 40.4 Å². The summed E-state index contributed by atoms with van der Waals surface area (Å²) in [6, 6.07) is 6.84. The first-order valence-electron chi connectivity index (χ1n) is 6.35. The van der Waals surface area contributed by atoms with Gasteiger partial charge in [0.15, 0.2) is 0 Å². The number of benzene rings is 1. The first-order valence-corrected chi connectivity index (χ1v) is 6.35. The lowest BCUT2D eigenvalue weighted by molar-refractivity contribution is -0.120. The molecule has 106 valence electrons. The fraction of sp³-hybridized carbons (Fsp3) is 0.500. The second kappa shape index (κ2) is 8.50. The molecule has 0 heterocycles. The van der Waals surface area contributed by atoms with Crippen molar-refractivity contribution < 1.29 is 14.6 Å². The zero-order chi connectivity index (χ0) is 14.1. The van der Waals surface area contributed by atoms with Gasteiger partial charge in [0.1, 0.15) is 5.75 Å². The third kappa shape index (κ3) is 6.79. The molecular weight excluding hydrogens is 244 g/mol. The summed E-state index contributed by atoms with van der Waals surface area (Å²) in [7, 11) is 3.97. The lowest BCUT2D eigenvalue weighted by Gasteiger charge is -2.10. The second-order valence-corrected chi connectivity index (χ2v) is 4.57. The zero-order valence-electron chi connectivity index (χ0n) is 11.6. The Morgan fingerprint density at radius 3 is 2.74 bits per heavy atom. The molecule has 0 unspecified atom stereocenters. The number of nitrogens with one attached hydrogen (secondary N) is 1. The van der Waals surface area contributed by atoms with Crippen LogP contribution in [0.15, 0.2) is 24.3 Å². The minimum absolute atomic E-state index is 0.113. The Bertz CT molecular complexity index is 394. The van der Waals surface area contributed by atoms with Crippen LogP contribution in [0.2, 0.25) is 0 Å². The number of para-hydroxylation sites is 1. The SMILES string of the molecule is CN(C)CCOCCNC(=O)Cc1ccccc1O. The normalized spacial score (nSPS) is 10.7. The lowest BCUT2D eigenvalue weighted by Crippen LogP contribution is -2.29. The minimum Gasteiger partial charge on any atom is -0.508 e. The van der Waals surface area contributed by atoms with Crippen LogP contribution in [0.5, 0.6) is 5.75 Å². The van der Waals surface area contributed by atoms with Crippen LogP contribution in [-0.2, 0) is 16.0 Å². The van der Waals surface area contributed by atoms with E-state index in [0.29, 0.717) is 25.3 Å². The molecule has 5 heteroatoms. The van der Waals surface area contributed by atoms with E-state index >= 15 is 0 Å². The summed E-state index contributed by atoms with van der Waals surface area (Å²) >= 11 is 0. The Kier molecular flexibility index (Phi) is 6.92. The summed E-state index contributed by atoms with van der Waals surface area (Å²) in [4.78, 5) is 13.7. The van der Waals surface area contributed by atoms with Crippen LogP contribution in [0, 0.1) is 0 Å². The van der Waals surface area contributed by atoms with Crippen LogP contribution < -0.4 is 5.32 Å². The van der Waals surface area contributed by atoms with Crippen LogP contribution >= 0.6 is 0 Å². The molecule has 5 nitrogen and oxygen atoms in total. The van der Waals surface area contributed by atoms with Crippen LogP contribution in [0.25, 0.3) is 0 Å². The Balaban J connectivity index is 2.13. The van der Waals surface area contributed by atoms with Crippen molar-refractivity contribution in [2.45, 2.75) is 6.42 Å². The summed E-state index contributed by atoms with van der Waals surface area (Å²) < 4.78 is 5.36. The van der Waals surface area contributed by atoms with E-state index in [4.69, 9.17) is 4.74 Å². The molecule has 0 radical (unpaired) electrons. The molecule has 1 aromatic rings. The van der Waals surface area contributed by atoms with Gasteiger partial charge in [0.25, 0.3) is 0 Å². The summed E-state index contributed by atoms with van der Waals surface area (Å²) in [6.45, 7) is 2.51. The molecule has 0 aliphatic rings. The molecule has 0 aliphatic carbocycles. The third-order valence-electron chi connectivity index (χ3n) is 2.59. The molecular formula is C14H22N2O3. The first-order chi connectivity index (χ1) is 9.09. The molecule has 1 rings (SSSR count). The summed E-state index contributed by atoms with van der Waals surface area (Å²) in [6.07, 6.45) is 0.185. The number of nitrogens with zero attached hydrogens (tertiary/aromatic N) is 1. The average Bonchev–Trinajstić information content (AvgIpc) is 2.36. The second-order valence-electron chi connectivity index (χ2n) is 4.57. The highest BCUT2D eigenvalue weighted by Crippen LogP contribution is 2.15. The van der Waals surface area contributed by atoms with Crippen LogP contribution in [0.3, 0.4) is 0 Å². The van der Waals surface area contributed by atoms with Crippen molar-refractivity contribution in [3.05, 3.63) is 29.8 Å². The van der Waals surface area contributed by atoms with Crippen molar-refractivity contribution in [1.82, 2.24) is 10.2 Å². The monoisotopic (exact) mass is 266 g/mol. The molecule has 0 fully saturated rings. The molecule has 0 atom stereocenters. The van der Waals surface area contributed by atoms with Crippen molar-refractivity contribution in [1.29, 1.82) is 0 Å². The topological polar surface area (TPSA) is 61.8 Å². The van der Waals surface area contributed by atoms with Gasteiger partial charge in [0, 0.05) is 18.7 Å².